The smallest absolute Gasteiger partial charge is 0.272 e. The van der Waals surface area contributed by atoms with Gasteiger partial charge in [0.05, 0.1) is 6.61 Å². The van der Waals surface area contributed by atoms with Crippen LogP contribution in [-0.4, -0.2) is 54.8 Å². The molecule has 0 atom stereocenters. The zero-order valence-corrected chi connectivity index (χ0v) is 15.5. The second kappa shape index (κ2) is 8.82. The molecule has 3 N–H and O–H groups in total. The molecule has 1 aromatic heterocycles. The van der Waals surface area contributed by atoms with Crippen LogP contribution in [0.3, 0.4) is 0 Å². The maximum atomic E-state index is 12.4. The van der Waals surface area contributed by atoms with Crippen LogP contribution in [0, 0.1) is 0 Å². The third-order valence-corrected chi connectivity index (χ3v) is 4.42. The fraction of sp³-hybridized carbons (Fsp3) is 0.474. The van der Waals surface area contributed by atoms with Crippen molar-refractivity contribution in [1.82, 2.24) is 25.7 Å². The topological polar surface area (TPSA) is 82.3 Å². The fourth-order valence-electron chi connectivity index (χ4n) is 2.95. The number of nitrogens with one attached hydrogen (secondary N) is 3. The zero-order chi connectivity index (χ0) is 18.4. The molecule has 0 saturated heterocycles. The number of amides is 1. The van der Waals surface area contributed by atoms with E-state index in [1.807, 2.05) is 24.3 Å². The van der Waals surface area contributed by atoms with Crippen molar-refractivity contribution in [2.24, 2.45) is 0 Å². The standard InChI is InChI=1S/C19H27N5O2/c1-24(2)10-3-11-26-15-6-4-14(5-7-15)12-21-19(25)18-16-13-20-9-8-17(16)22-23-18/h4-7,20H,3,8-13H2,1-2H3,(H,21,25)(H,22,23). The molecule has 1 aliphatic heterocycles. The van der Waals surface area contributed by atoms with Crippen LogP contribution in [-0.2, 0) is 19.5 Å². The molecule has 0 saturated carbocycles. The average Bonchev–Trinajstić information content (AvgIpc) is 3.08. The summed E-state index contributed by atoms with van der Waals surface area (Å²) in [5.41, 5.74) is 3.56. The minimum atomic E-state index is -0.143. The molecule has 0 fully saturated rings. The monoisotopic (exact) mass is 357 g/mol. The lowest BCUT2D eigenvalue weighted by atomic mass is 10.1. The maximum absolute atomic E-state index is 12.4. The molecule has 1 aromatic carbocycles. The summed E-state index contributed by atoms with van der Waals surface area (Å²) >= 11 is 0. The van der Waals surface area contributed by atoms with Gasteiger partial charge in [0.1, 0.15) is 5.75 Å². The summed E-state index contributed by atoms with van der Waals surface area (Å²) < 4.78 is 5.72. The Hall–Kier alpha value is -2.38. The van der Waals surface area contributed by atoms with Gasteiger partial charge in [0.2, 0.25) is 0 Å². The molecular formula is C19H27N5O2. The Kier molecular flexibility index (Phi) is 6.25. The molecule has 0 radical (unpaired) electrons. The number of hydrogen-bond donors (Lipinski definition) is 3. The number of aromatic amines is 1. The molecule has 3 rings (SSSR count). The van der Waals surface area contributed by atoms with E-state index in [0.29, 0.717) is 25.4 Å². The summed E-state index contributed by atoms with van der Waals surface area (Å²) in [5, 5.41) is 13.4. The van der Waals surface area contributed by atoms with Gasteiger partial charge in [0.15, 0.2) is 5.69 Å². The summed E-state index contributed by atoms with van der Waals surface area (Å²) in [6, 6.07) is 7.83. The highest BCUT2D eigenvalue weighted by Crippen LogP contribution is 2.16. The Morgan fingerprint density at radius 2 is 2.12 bits per heavy atom. The number of fused-ring (bicyclic) bond motifs is 1. The largest absolute Gasteiger partial charge is 0.494 e. The predicted octanol–water partition coefficient (Wildman–Crippen LogP) is 1.32. The normalized spacial score (nSPS) is 13.5. The van der Waals surface area contributed by atoms with Crippen molar-refractivity contribution in [3.63, 3.8) is 0 Å². The second-order valence-electron chi connectivity index (χ2n) is 6.79. The molecule has 0 spiro atoms. The second-order valence-corrected chi connectivity index (χ2v) is 6.79. The Labute approximate surface area is 154 Å². The van der Waals surface area contributed by atoms with Gasteiger partial charge in [0, 0.05) is 43.9 Å². The predicted molar refractivity (Wildman–Crippen MR) is 100 cm³/mol. The van der Waals surface area contributed by atoms with Gasteiger partial charge in [-0.05, 0) is 38.2 Å². The van der Waals surface area contributed by atoms with Crippen LogP contribution in [0.15, 0.2) is 24.3 Å². The summed E-state index contributed by atoms with van der Waals surface area (Å²) in [7, 11) is 4.11. The van der Waals surface area contributed by atoms with E-state index >= 15 is 0 Å². The van der Waals surface area contributed by atoms with Gasteiger partial charge < -0.3 is 20.3 Å². The fourth-order valence-corrected chi connectivity index (χ4v) is 2.95. The van der Waals surface area contributed by atoms with Gasteiger partial charge in [-0.25, -0.2) is 0 Å². The summed E-state index contributed by atoms with van der Waals surface area (Å²) in [4.78, 5) is 14.5. The molecular weight excluding hydrogens is 330 g/mol. The molecule has 7 heteroatoms. The van der Waals surface area contributed by atoms with Crippen molar-refractivity contribution in [3.8, 4) is 5.75 Å². The van der Waals surface area contributed by atoms with E-state index in [4.69, 9.17) is 4.74 Å². The van der Waals surface area contributed by atoms with Gasteiger partial charge in [-0.2, -0.15) is 5.10 Å². The van der Waals surface area contributed by atoms with Crippen LogP contribution in [0.25, 0.3) is 0 Å². The first kappa shape index (κ1) is 18.4. The molecule has 140 valence electrons. The van der Waals surface area contributed by atoms with E-state index in [1.54, 1.807) is 0 Å². The third kappa shape index (κ3) is 4.83. The van der Waals surface area contributed by atoms with E-state index < -0.39 is 0 Å². The first-order valence-corrected chi connectivity index (χ1v) is 9.05. The minimum Gasteiger partial charge on any atom is -0.494 e. The zero-order valence-electron chi connectivity index (χ0n) is 15.5. The number of H-pyrrole nitrogens is 1. The molecule has 1 aliphatic rings. The Bertz CT molecular complexity index is 724. The Morgan fingerprint density at radius 1 is 1.31 bits per heavy atom. The van der Waals surface area contributed by atoms with Gasteiger partial charge in [-0.3, -0.25) is 9.89 Å². The van der Waals surface area contributed by atoms with Crippen molar-refractivity contribution < 1.29 is 9.53 Å². The Balaban J connectivity index is 1.47. The van der Waals surface area contributed by atoms with Crippen molar-refractivity contribution in [2.75, 3.05) is 33.8 Å². The summed E-state index contributed by atoms with van der Waals surface area (Å²) in [5.74, 6) is 0.710. The number of carbonyl (C=O) groups excluding carboxylic acids is 1. The number of ether oxygens (including phenoxy) is 1. The maximum Gasteiger partial charge on any atom is 0.272 e. The van der Waals surface area contributed by atoms with Crippen LogP contribution in [0.4, 0.5) is 0 Å². The van der Waals surface area contributed by atoms with Crippen LogP contribution in [0.5, 0.6) is 5.75 Å². The molecule has 2 aromatic rings. The van der Waals surface area contributed by atoms with Gasteiger partial charge in [0.25, 0.3) is 5.91 Å². The van der Waals surface area contributed by atoms with Crippen molar-refractivity contribution in [3.05, 3.63) is 46.8 Å². The number of rotatable bonds is 8. The summed E-state index contributed by atoms with van der Waals surface area (Å²) in [6.07, 6.45) is 1.87. The van der Waals surface area contributed by atoms with Crippen molar-refractivity contribution >= 4 is 5.91 Å². The highest BCUT2D eigenvalue weighted by atomic mass is 16.5. The molecule has 0 unspecified atom stereocenters. The van der Waals surface area contributed by atoms with Crippen LogP contribution in [0.2, 0.25) is 0 Å². The SMILES string of the molecule is CN(C)CCCOc1ccc(CNC(=O)c2n[nH]c3c2CNCC3)cc1. The Morgan fingerprint density at radius 3 is 2.88 bits per heavy atom. The van der Waals surface area contributed by atoms with E-state index in [-0.39, 0.29) is 5.91 Å². The minimum absolute atomic E-state index is 0.143. The van der Waals surface area contributed by atoms with Gasteiger partial charge in [-0.1, -0.05) is 12.1 Å². The number of benzene rings is 1. The van der Waals surface area contributed by atoms with Gasteiger partial charge in [-0.15, -0.1) is 0 Å². The van der Waals surface area contributed by atoms with E-state index in [1.165, 1.54) is 0 Å². The molecule has 7 nitrogen and oxygen atoms in total. The highest BCUT2D eigenvalue weighted by molar-refractivity contribution is 5.94. The van der Waals surface area contributed by atoms with E-state index in [9.17, 15) is 4.79 Å². The van der Waals surface area contributed by atoms with Gasteiger partial charge >= 0.3 is 0 Å². The highest BCUT2D eigenvalue weighted by Gasteiger charge is 2.21. The number of carbonyl (C=O) groups is 1. The quantitative estimate of drug-likeness (QED) is 0.621. The lowest BCUT2D eigenvalue weighted by Crippen LogP contribution is -2.28. The molecule has 26 heavy (non-hydrogen) atoms. The van der Waals surface area contributed by atoms with Crippen molar-refractivity contribution in [1.29, 1.82) is 0 Å². The van der Waals surface area contributed by atoms with Crippen molar-refractivity contribution in [2.45, 2.75) is 25.9 Å². The third-order valence-electron chi connectivity index (χ3n) is 4.42. The first-order chi connectivity index (χ1) is 12.6. The molecule has 2 heterocycles. The number of nitrogens with zero attached hydrogens (tertiary/aromatic N) is 2. The number of aromatic nitrogens is 2. The van der Waals surface area contributed by atoms with E-state index in [0.717, 1.165) is 48.5 Å². The van der Waals surface area contributed by atoms with Crippen LogP contribution in [0.1, 0.15) is 33.7 Å². The molecule has 0 bridgehead atoms. The lowest BCUT2D eigenvalue weighted by Gasteiger charge is -2.13. The molecule has 0 aliphatic carbocycles. The van der Waals surface area contributed by atoms with E-state index in [2.05, 4.69) is 39.8 Å². The lowest BCUT2D eigenvalue weighted by molar-refractivity contribution is 0.0944. The van der Waals surface area contributed by atoms with Crippen LogP contribution < -0.4 is 15.4 Å². The summed E-state index contributed by atoms with van der Waals surface area (Å²) in [6.45, 7) is 3.78. The average molecular weight is 357 g/mol. The first-order valence-electron chi connectivity index (χ1n) is 9.05. The molecule has 1 amide bonds. The number of hydrogen-bond acceptors (Lipinski definition) is 5. The van der Waals surface area contributed by atoms with Crippen LogP contribution >= 0.6 is 0 Å².